The van der Waals surface area contributed by atoms with Gasteiger partial charge in [-0.3, -0.25) is 4.79 Å². The van der Waals surface area contributed by atoms with Crippen molar-refractivity contribution in [1.82, 2.24) is 5.32 Å². The first-order chi connectivity index (χ1) is 8.79. The monoisotopic (exact) mass is 282 g/mol. The first-order valence-corrected chi connectivity index (χ1v) is 6.83. The van der Waals surface area contributed by atoms with Crippen molar-refractivity contribution in [3.05, 3.63) is 35.9 Å². The predicted octanol–water partition coefficient (Wildman–Crippen LogP) is 2.28. The van der Waals surface area contributed by atoms with E-state index in [2.05, 4.69) is 17.4 Å². The lowest BCUT2D eigenvalue weighted by Crippen LogP contribution is -2.41. The van der Waals surface area contributed by atoms with Crippen molar-refractivity contribution in [1.29, 1.82) is 0 Å². The smallest absolute Gasteiger partial charge is 0.220 e. The Bertz CT molecular complexity index is 379. The summed E-state index contributed by atoms with van der Waals surface area (Å²) in [6, 6.07) is 10.5. The number of amides is 1. The van der Waals surface area contributed by atoms with Crippen molar-refractivity contribution in [2.24, 2.45) is 11.7 Å². The lowest BCUT2D eigenvalue weighted by atomic mass is 10.1. The molecule has 1 amide bonds. The molecule has 1 aliphatic rings. The van der Waals surface area contributed by atoms with Gasteiger partial charge in [-0.2, -0.15) is 0 Å². The Labute approximate surface area is 121 Å². The minimum Gasteiger partial charge on any atom is -0.352 e. The number of aryl methyl sites for hydroxylation is 1. The number of benzene rings is 1. The van der Waals surface area contributed by atoms with E-state index in [1.165, 1.54) is 18.4 Å². The maximum Gasteiger partial charge on any atom is 0.220 e. The van der Waals surface area contributed by atoms with Gasteiger partial charge in [0.15, 0.2) is 0 Å². The van der Waals surface area contributed by atoms with Gasteiger partial charge in [0.1, 0.15) is 0 Å². The van der Waals surface area contributed by atoms with Crippen molar-refractivity contribution in [3.63, 3.8) is 0 Å². The number of hydrogen-bond donors (Lipinski definition) is 2. The van der Waals surface area contributed by atoms with Crippen LogP contribution in [0, 0.1) is 5.92 Å². The molecule has 0 aliphatic heterocycles. The number of rotatable bonds is 7. The maximum absolute atomic E-state index is 11.8. The van der Waals surface area contributed by atoms with Crippen molar-refractivity contribution >= 4 is 18.3 Å². The summed E-state index contributed by atoms with van der Waals surface area (Å²) in [6.45, 7) is 0.565. The van der Waals surface area contributed by atoms with Gasteiger partial charge in [0.25, 0.3) is 0 Å². The molecular formula is C15H23ClN2O. The number of hydrogen-bond acceptors (Lipinski definition) is 2. The van der Waals surface area contributed by atoms with Gasteiger partial charge in [0.05, 0.1) is 0 Å². The van der Waals surface area contributed by atoms with E-state index < -0.39 is 0 Å². The fourth-order valence-corrected chi connectivity index (χ4v) is 2.24. The summed E-state index contributed by atoms with van der Waals surface area (Å²) in [6.07, 6.45) is 4.89. The van der Waals surface area contributed by atoms with E-state index >= 15 is 0 Å². The Morgan fingerprint density at radius 2 is 2.00 bits per heavy atom. The molecule has 1 aromatic carbocycles. The molecule has 1 fully saturated rings. The lowest BCUT2D eigenvalue weighted by molar-refractivity contribution is -0.122. The van der Waals surface area contributed by atoms with Gasteiger partial charge >= 0.3 is 0 Å². The highest BCUT2D eigenvalue weighted by Gasteiger charge is 2.30. The summed E-state index contributed by atoms with van der Waals surface area (Å²) in [5.74, 6) is 0.779. The SMILES string of the molecule is Cl.NCC(NC(=O)CCCc1ccccc1)C1CC1. The van der Waals surface area contributed by atoms with Crippen LogP contribution in [0.4, 0.5) is 0 Å². The topological polar surface area (TPSA) is 55.1 Å². The van der Waals surface area contributed by atoms with Crippen LogP contribution in [0.2, 0.25) is 0 Å². The summed E-state index contributed by atoms with van der Waals surface area (Å²) in [5.41, 5.74) is 6.96. The van der Waals surface area contributed by atoms with Gasteiger partial charge < -0.3 is 11.1 Å². The molecule has 0 heterocycles. The lowest BCUT2D eigenvalue weighted by Gasteiger charge is -2.15. The molecule has 0 spiro atoms. The molecule has 1 saturated carbocycles. The molecule has 0 bridgehead atoms. The fourth-order valence-electron chi connectivity index (χ4n) is 2.24. The first-order valence-electron chi connectivity index (χ1n) is 6.83. The Morgan fingerprint density at radius 1 is 1.32 bits per heavy atom. The van der Waals surface area contributed by atoms with E-state index in [-0.39, 0.29) is 24.4 Å². The Hall–Kier alpha value is -1.06. The molecule has 4 heteroatoms. The summed E-state index contributed by atoms with van der Waals surface area (Å²) in [4.78, 5) is 11.8. The van der Waals surface area contributed by atoms with Crippen LogP contribution in [0.25, 0.3) is 0 Å². The molecule has 1 atom stereocenters. The first kappa shape index (κ1) is 16.0. The van der Waals surface area contributed by atoms with Crippen LogP contribution in [-0.4, -0.2) is 18.5 Å². The average molecular weight is 283 g/mol. The Morgan fingerprint density at radius 3 is 2.58 bits per heavy atom. The zero-order chi connectivity index (χ0) is 12.8. The molecule has 0 radical (unpaired) electrons. The molecule has 0 saturated heterocycles. The fraction of sp³-hybridized carbons (Fsp3) is 0.533. The van der Waals surface area contributed by atoms with E-state index in [0.717, 1.165) is 12.8 Å². The summed E-state index contributed by atoms with van der Waals surface area (Å²) in [5, 5.41) is 3.05. The zero-order valence-electron chi connectivity index (χ0n) is 11.2. The van der Waals surface area contributed by atoms with Gasteiger partial charge in [0, 0.05) is 19.0 Å². The summed E-state index contributed by atoms with van der Waals surface area (Å²) >= 11 is 0. The van der Waals surface area contributed by atoms with Crippen molar-refractivity contribution in [2.75, 3.05) is 6.54 Å². The Kier molecular flexibility index (Phi) is 6.89. The Balaban J connectivity index is 0.00000180. The largest absolute Gasteiger partial charge is 0.352 e. The van der Waals surface area contributed by atoms with Gasteiger partial charge in [0.2, 0.25) is 5.91 Å². The van der Waals surface area contributed by atoms with Crippen molar-refractivity contribution in [2.45, 2.75) is 38.1 Å². The predicted molar refractivity (Wildman–Crippen MR) is 80.3 cm³/mol. The number of halogens is 1. The van der Waals surface area contributed by atoms with E-state index in [0.29, 0.717) is 18.9 Å². The quantitative estimate of drug-likeness (QED) is 0.806. The standard InChI is InChI=1S/C15H22N2O.ClH/c16-11-14(13-9-10-13)17-15(18)8-4-7-12-5-2-1-3-6-12;/h1-3,5-6,13-14H,4,7-11,16H2,(H,17,18);1H. The maximum atomic E-state index is 11.8. The third-order valence-corrected chi connectivity index (χ3v) is 3.50. The minimum absolute atomic E-state index is 0. The van der Waals surface area contributed by atoms with Crippen LogP contribution in [0.15, 0.2) is 30.3 Å². The highest BCUT2D eigenvalue weighted by molar-refractivity contribution is 5.85. The molecule has 19 heavy (non-hydrogen) atoms. The second-order valence-electron chi connectivity index (χ2n) is 5.09. The van der Waals surface area contributed by atoms with Gasteiger partial charge in [-0.05, 0) is 37.2 Å². The van der Waals surface area contributed by atoms with Crippen molar-refractivity contribution < 1.29 is 4.79 Å². The van der Waals surface area contributed by atoms with E-state index in [4.69, 9.17) is 5.73 Å². The molecule has 1 unspecified atom stereocenters. The molecular weight excluding hydrogens is 260 g/mol. The normalized spacial score (nSPS) is 15.4. The van der Waals surface area contributed by atoms with Crippen LogP contribution in [0.1, 0.15) is 31.2 Å². The molecule has 2 rings (SSSR count). The van der Waals surface area contributed by atoms with E-state index in [1.54, 1.807) is 0 Å². The van der Waals surface area contributed by atoms with E-state index in [1.807, 2.05) is 18.2 Å². The molecule has 3 N–H and O–H groups in total. The number of carbonyl (C=O) groups excluding carboxylic acids is 1. The van der Waals surface area contributed by atoms with Gasteiger partial charge in [-0.25, -0.2) is 0 Å². The summed E-state index contributed by atoms with van der Waals surface area (Å²) in [7, 11) is 0. The van der Waals surface area contributed by atoms with Crippen molar-refractivity contribution in [3.8, 4) is 0 Å². The number of nitrogens with two attached hydrogens (primary N) is 1. The molecule has 1 aromatic rings. The third kappa shape index (κ3) is 5.62. The van der Waals surface area contributed by atoms with E-state index in [9.17, 15) is 4.79 Å². The van der Waals surface area contributed by atoms with Gasteiger partial charge in [-0.15, -0.1) is 12.4 Å². The number of nitrogens with one attached hydrogen (secondary N) is 1. The average Bonchev–Trinajstić information content (AvgIpc) is 3.21. The van der Waals surface area contributed by atoms with Crippen LogP contribution in [0.5, 0.6) is 0 Å². The molecule has 3 nitrogen and oxygen atoms in total. The highest BCUT2D eigenvalue weighted by atomic mass is 35.5. The minimum atomic E-state index is 0. The summed E-state index contributed by atoms with van der Waals surface area (Å²) < 4.78 is 0. The van der Waals surface area contributed by atoms with Crippen LogP contribution < -0.4 is 11.1 Å². The molecule has 1 aliphatic carbocycles. The highest BCUT2D eigenvalue weighted by Crippen LogP contribution is 2.32. The number of carbonyl (C=O) groups is 1. The molecule has 0 aromatic heterocycles. The second-order valence-corrected chi connectivity index (χ2v) is 5.09. The van der Waals surface area contributed by atoms with Crippen LogP contribution in [0.3, 0.4) is 0 Å². The van der Waals surface area contributed by atoms with Gasteiger partial charge in [-0.1, -0.05) is 30.3 Å². The van der Waals surface area contributed by atoms with Crippen LogP contribution >= 0.6 is 12.4 Å². The third-order valence-electron chi connectivity index (χ3n) is 3.50. The molecule has 106 valence electrons. The van der Waals surface area contributed by atoms with Crippen LogP contribution in [-0.2, 0) is 11.2 Å². The zero-order valence-corrected chi connectivity index (χ0v) is 12.0. The second kappa shape index (κ2) is 8.18.